The number of hydrogen-bond acceptors (Lipinski definition) is 4. The van der Waals surface area contributed by atoms with Crippen molar-refractivity contribution in [2.45, 2.75) is 38.0 Å². The number of hydrazone groups is 1. The topological polar surface area (TPSA) is 59.9 Å². The summed E-state index contributed by atoms with van der Waals surface area (Å²) in [6, 6.07) is 15.5. The lowest BCUT2D eigenvalue weighted by molar-refractivity contribution is -0.124. The van der Waals surface area contributed by atoms with E-state index >= 15 is 0 Å². The molecule has 5 heteroatoms. The second-order valence-electron chi connectivity index (χ2n) is 7.14. The fraction of sp³-hybridized carbons (Fsp3) is 0.391. The maximum Gasteiger partial charge on any atom is 0.247 e. The molecule has 148 valence electrons. The van der Waals surface area contributed by atoms with Crippen molar-refractivity contribution in [3.63, 3.8) is 0 Å². The lowest BCUT2D eigenvalue weighted by Crippen LogP contribution is -2.31. The molecule has 0 radical (unpaired) electrons. The third-order valence-corrected chi connectivity index (χ3v) is 5.36. The zero-order valence-electron chi connectivity index (χ0n) is 16.6. The summed E-state index contributed by atoms with van der Waals surface area (Å²) in [5.41, 5.74) is 4.64. The first-order valence-electron chi connectivity index (χ1n) is 9.83. The van der Waals surface area contributed by atoms with Crippen molar-refractivity contribution < 1.29 is 14.3 Å². The molecule has 2 aromatic carbocycles. The Morgan fingerprint density at radius 2 is 1.75 bits per heavy atom. The quantitative estimate of drug-likeness (QED) is 0.568. The van der Waals surface area contributed by atoms with Crippen LogP contribution in [0.5, 0.6) is 11.5 Å². The van der Waals surface area contributed by atoms with Gasteiger partial charge in [-0.2, -0.15) is 5.10 Å². The van der Waals surface area contributed by atoms with Gasteiger partial charge < -0.3 is 9.47 Å². The van der Waals surface area contributed by atoms with E-state index in [1.807, 2.05) is 48.5 Å². The smallest absolute Gasteiger partial charge is 0.247 e. The monoisotopic (exact) mass is 380 g/mol. The minimum atomic E-state index is -0.163. The van der Waals surface area contributed by atoms with Crippen LogP contribution in [0.15, 0.2) is 53.6 Å². The van der Waals surface area contributed by atoms with Crippen LogP contribution in [-0.4, -0.2) is 26.3 Å². The molecule has 1 N–H and O–H groups in total. The summed E-state index contributed by atoms with van der Waals surface area (Å²) in [6.45, 7) is 0. The molecular formula is C23H28N2O3. The van der Waals surface area contributed by atoms with Gasteiger partial charge in [-0.05, 0) is 48.1 Å². The molecule has 1 saturated carbocycles. The maximum absolute atomic E-state index is 13.0. The minimum absolute atomic E-state index is 0.0465. The summed E-state index contributed by atoms with van der Waals surface area (Å²) < 4.78 is 10.5. The Hall–Kier alpha value is -2.82. The van der Waals surface area contributed by atoms with Crippen LogP contribution >= 0.6 is 0 Å². The molecule has 0 spiro atoms. The number of carbonyl (C=O) groups is 1. The summed E-state index contributed by atoms with van der Waals surface area (Å²) in [5.74, 6) is 1.44. The van der Waals surface area contributed by atoms with Crippen molar-refractivity contribution in [3.8, 4) is 11.5 Å². The highest BCUT2D eigenvalue weighted by Gasteiger charge is 2.30. The molecule has 1 fully saturated rings. The van der Waals surface area contributed by atoms with E-state index < -0.39 is 0 Å². The molecule has 28 heavy (non-hydrogen) atoms. The molecule has 1 amide bonds. The van der Waals surface area contributed by atoms with Crippen molar-refractivity contribution in [1.82, 2.24) is 5.43 Å². The van der Waals surface area contributed by atoms with Gasteiger partial charge in [-0.1, -0.05) is 49.6 Å². The van der Waals surface area contributed by atoms with Gasteiger partial charge in [0.15, 0.2) is 11.5 Å². The van der Waals surface area contributed by atoms with Crippen molar-refractivity contribution >= 4 is 12.1 Å². The second-order valence-corrected chi connectivity index (χ2v) is 7.14. The van der Waals surface area contributed by atoms with E-state index in [4.69, 9.17) is 9.47 Å². The molecule has 1 aliphatic carbocycles. The zero-order valence-corrected chi connectivity index (χ0v) is 16.6. The Kier molecular flexibility index (Phi) is 7.06. The highest BCUT2D eigenvalue weighted by atomic mass is 16.5. The maximum atomic E-state index is 13.0. The Morgan fingerprint density at radius 3 is 2.43 bits per heavy atom. The Bertz CT molecular complexity index is 799. The Balaban J connectivity index is 1.72. The fourth-order valence-electron chi connectivity index (χ4n) is 3.94. The van der Waals surface area contributed by atoms with Crippen LogP contribution < -0.4 is 14.9 Å². The zero-order chi connectivity index (χ0) is 19.8. The highest BCUT2D eigenvalue weighted by Crippen LogP contribution is 2.36. The van der Waals surface area contributed by atoms with Crippen LogP contribution in [0.25, 0.3) is 0 Å². The van der Waals surface area contributed by atoms with Gasteiger partial charge in [-0.25, -0.2) is 5.43 Å². The summed E-state index contributed by atoms with van der Waals surface area (Å²) in [7, 11) is 3.19. The molecule has 0 aliphatic heterocycles. The number of rotatable bonds is 7. The van der Waals surface area contributed by atoms with Crippen molar-refractivity contribution in [2.75, 3.05) is 14.2 Å². The second kappa shape index (κ2) is 9.93. The largest absolute Gasteiger partial charge is 0.493 e. The molecule has 3 rings (SSSR count). The minimum Gasteiger partial charge on any atom is -0.493 e. The van der Waals surface area contributed by atoms with E-state index in [2.05, 4.69) is 10.5 Å². The van der Waals surface area contributed by atoms with E-state index in [1.165, 1.54) is 19.3 Å². The SMILES string of the molecule is COc1ccc(/C=N\NC(=O)[C@H](c2ccccc2)C2CCCCC2)cc1OC. The molecule has 1 aliphatic rings. The predicted molar refractivity (Wildman–Crippen MR) is 111 cm³/mol. The van der Waals surface area contributed by atoms with Crippen LogP contribution in [-0.2, 0) is 4.79 Å². The first-order valence-corrected chi connectivity index (χ1v) is 9.83. The molecule has 1 atom stereocenters. The summed E-state index contributed by atoms with van der Waals surface area (Å²) >= 11 is 0. The van der Waals surface area contributed by atoms with Crippen LogP contribution in [0, 0.1) is 5.92 Å². The van der Waals surface area contributed by atoms with Gasteiger partial charge in [0, 0.05) is 0 Å². The van der Waals surface area contributed by atoms with E-state index in [1.54, 1.807) is 20.4 Å². The number of nitrogens with zero attached hydrogens (tertiary/aromatic N) is 1. The van der Waals surface area contributed by atoms with Crippen LogP contribution in [0.4, 0.5) is 0 Å². The lowest BCUT2D eigenvalue weighted by atomic mass is 9.76. The number of nitrogens with one attached hydrogen (secondary N) is 1. The van der Waals surface area contributed by atoms with E-state index in [0.717, 1.165) is 24.0 Å². The fourth-order valence-corrected chi connectivity index (χ4v) is 3.94. The van der Waals surface area contributed by atoms with Gasteiger partial charge in [-0.15, -0.1) is 0 Å². The lowest BCUT2D eigenvalue weighted by Gasteiger charge is -2.29. The molecule has 0 saturated heterocycles. The number of ether oxygens (including phenoxy) is 2. The number of methoxy groups -OCH3 is 2. The summed E-state index contributed by atoms with van der Waals surface area (Å²) in [6.07, 6.45) is 7.45. The van der Waals surface area contributed by atoms with Crippen molar-refractivity contribution in [3.05, 3.63) is 59.7 Å². The van der Waals surface area contributed by atoms with Gasteiger partial charge in [0.25, 0.3) is 0 Å². The molecule has 2 aromatic rings. The molecular weight excluding hydrogens is 352 g/mol. The average Bonchev–Trinajstić information content (AvgIpc) is 2.75. The third-order valence-electron chi connectivity index (χ3n) is 5.36. The van der Waals surface area contributed by atoms with Gasteiger partial charge in [0.2, 0.25) is 5.91 Å². The highest BCUT2D eigenvalue weighted by molar-refractivity contribution is 5.86. The van der Waals surface area contributed by atoms with Crippen molar-refractivity contribution in [1.29, 1.82) is 0 Å². The van der Waals surface area contributed by atoms with E-state index in [9.17, 15) is 4.79 Å². The first kappa shape index (κ1) is 19.9. The number of benzene rings is 2. The molecule has 0 bridgehead atoms. The van der Waals surface area contributed by atoms with Gasteiger partial charge in [0.05, 0.1) is 26.4 Å². The summed E-state index contributed by atoms with van der Waals surface area (Å²) in [5, 5.41) is 4.19. The van der Waals surface area contributed by atoms with Gasteiger partial charge >= 0.3 is 0 Å². The Morgan fingerprint density at radius 1 is 1.04 bits per heavy atom. The predicted octanol–water partition coefficient (Wildman–Crippen LogP) is 4.52. The molecule has 0 heterocycles. The molecule has 0 aromatic heterocycles. The summed E-state index contributed by atoms with van der Waals surface area (Å²) in [4.78, 5) is 13.0. The van der Waals surface area contributed by atoms with Crippen LogP contribution in [0.3, 0.4) is 0 Å². The van der Waals surface area contributed by atoms with Crippen molar-refractivity contribution in [2.24, 2.45) is 11.0 Å². The Labute approximate surface area is 166 Å². The number of amides is 1. The first-order chi connectivity index (χ1) is 13.7. The third kappa shape index (κ3) is 4.91. The van der Waals surface area contributed by atoms with E-state index in [-0.39, 0.29) is 11.8 Å². The van der Waals surface area contributed by atoms with Crippen LogP contribution in [0.1, 0.15) is 49.1 Å². The normalized spacial score (nSPS) is 15.9. The molecule has 5 nitrogen and oxygen atoms in total. The number of carbonyl (C=O) groups excluding carboxylic acids is 1. The van der Waals surface area contributed by atoms with Crippen LogP contribution in [0.2, 0.25) is 0 Å². The van der Waals surface area contributed by atoms with Gasteiger partial charge in [-0.3, -0.25) is 4.79 Å². The van der Waals surface area contributed by atoms with E-state index in [0.29, 0.717) is 17.4 Å². The average molecular weight is 380 g/mol. The van der Waals surface area contributed by atoms with Gasteiger partial charge in [0.1, 0.15) is 0 Å². The number of hydrogen-bond donors (Lipinski definition) is 1. The standard InChI is InChI=1S/C23H28N2O3/c1-27-20-14-13-17(15-21(20)28-2)16-24-25-23(26)22(18-9-5-3-6-10-18)19-11-7-4-8-12-19/h3,5-6,9-10,13-16,19,22H,4,7-8,11-12H2,1-2H3,(H,25,26)/b24-16-/t22-/m1/s1. The molecule has 0 unspecified atom stereocenters.